The van der Waals surface area contributed by atoms with Crippen molar-refractivity contribution < 1.29 is 5.11 Å². The Labute approximate surface area is 185 Å². The van der Waals surface area contributed by atoms with Crippen LogP contribution in [0.2, 0.25) is 0 Å². The van der Waals surface area contributed by atoms with E-state index in [9.17, 15) is 5.11 Å². The van der Waals surface area contributed by atoms with Crippen molar-refractivity contribution in [3.05, 3.63) is 47.1 Å². The van der Waals surface area contributed by atoms with E-state index in [1.165, 1.54) is 44.9 Å². The summed E-state index contributed by atoms with van der Waals surface area (Å²) in [5, 5.41) is 9.57. The Morgan fingerprint density at radius 2 is 1.93 bits per heavy atom. The summed E-state index contributed by atoms with van der Waals surface area (Å²) in [5.41, 5.74) is 5.80. The lowest BCUT2D eigenvalue weighted by Gasteiger charge is -2.50. The third kappa shape index (κ3) is 3.50. The highest BCUT2D eigenvalue weighted by atomic mass is 16.3. The number of rotatable bonds is 6. The van der Waals surface area contributed by atoms with Gasteiger partial charge in [-0.3, -0.25) is 0 Å². The van der Waals surface area contributed by atoms with E-state index in [0.717, 1.165) is 18.3 Å². The van der Waals surface area contributed by atoms with Crippen LogP contribution in [0.3, 0.4) is 0 Å². The molecule has 2 fully saturated rings. The molecule has 4 aliphatic rings. The summed E-state index contributed by atoms with van der Waals surface area (Å²) in [6, 6.07) is 0. The SMILES string of the molecule is CCC(C=C[C@@H](C)[C@H]1CC[C@H]2C3=CC=C4CCCC[C@]4(C)C3=CC[C@]12C)C(C)CO. The van der Waals surface area contributed by atoms with Gasteiger partial charge in [0.1, 0.15) is 0 Å². The molecule has 0 aliphatic heterocycles. The van der Waals surface area contributed by atoms with Crippen LogP contribution in [0, 0.1) is 40.4 Å². The average Bonchev–Trinajstić information content (AvgIpc) is 3.10. The van der Waals surface area contributed by atoms with E-state index in [2.05, 4.69) is 65.0 Å². The summed E-state index contributed by atoms with van der Waals surface area (Å²) >= 11 is 0. The van der Waals surface area contributed by atoms with E-state index in [-0.39, 0.29) is 6.61 Å². The number of aliphatic hydroxyl groups excluding tert-OH is 1. The summed E-state index contributed by atoms with van der Waals surface area (Å²) in [4.78, 5) is 0. The molecule has 0 radical (unpaired) electrons. The van der Waals surface area contributed by atoms with Gasteiger partial charge in [-0.2, -0.15) is 0 Å². The zero-order chi connectivity index (χ0) is 21.5. The molecule has 0 bridgehead atoms. The van der Waals surface area contributed by atoms with Crippen LogP contribution in [0.5, 0.6) is 0 Å². The predicted octanol–water partition coefficient (Wildman–Crippen LogP) is 7.64. The molecule has 0 aromatic heterocycles. The van der Waals surface area contributed by atoms with Crippen LogP contribution in [-0.4, -0.2) is 11.7 Å². The van der Waals surface area contributed by atoms with E-state index >= 15 is 0 Å². The Kier molecular flexibility index (Phi) is 6.24. The van der Waals surface area contributed by atoms with E-state index in [0.29, 0.717) is 28.6 Å². The van der Waals surface area contributed by atoms with Crippen LogP contribution >= 0.6 is 0 Å². The Bertz CT molecular complexity index is 767. The van der Waals surface area contributed by atoms with Crippen molar-refractivity contribution in [3.63, 3.8) is 0 Å². The minimum absolute atomic E-state index is 0.288. The molecule has 2 unspecified atom stereocenters. The van der Waals surface area contributed by atoms with Crippen LogP contribution < -0.4 is 0 Å². The maximum atomic E-state index is 9.57. The van der Waals surface area contributed by atoms with Crippen LogP contribution in [0.25, 0.3) is 0 Å². The zero-order valence-corrected chi connectivity index (χ0v) is 20.1. The number of hydrogen-bond donors (Lipinski definition) is 1. The fourth-order valence-corrected chi connectivity index (χ4v) is 7.62. The van der Waals surface area contributed by atoms with Gasteiger partial charge in [-0.05, 0) is 91.1 Å². The minimum atomic E-state index is 0.288. The van der Waals surface area contributed by atoms with E-state index in [1.54, 1.807) is 16.7 Å². The van der Waals surface area contributed by atoms with Crippen molar-refractivity contribution in [1.29, 1.82) is 0 Å². The summed E-state index contributed by atoms with van der Waals surface area (Å²) in [7, 11) is 0. The summed E-state index contributed by atoms with van der Waals surface area (Å²) in [5.74, 6) is 2.94. The second-order valence-corrected chi connectivity index (χ2v) is 11.4. The molecule has 166 valence electrons. The highest BCUT2D eigenvalue weighted by Gasteiger charge is 2.53. The van der Waals surface area contributed by atoms with Crippen molar-refractivity contribution in [3.8, 4) is 0 Å². The lowest BCUT2D eigenvalue weighted by molar-refractivity contribution is 0.141. The first-order valence-electron chi connectivity index (χ1n) is 12.8. The van der Waals surface area contributed by atoms with Gasteiger partial charge in [-0.1, -0.05) is 77.0 Å². The molecule has 7 atom stereocenters. The van der Waals surface area contributed by atoms with Gasteiger partial charge in [0.15, 0.2) is 0 Å². The number of aliphatic hydroxyl groups is 1. The van der Waals surface area contributed by atoms with Crippen molar-refractivity contribution in [2.75, 3.05) is 6.61 Å². The summed E-state index contributed by atoms with van der Waals surface area (Å²) < 4.78 is 0. The van der Waals surface area contributed by atoms with Gasteiger partial charge in [0.25, 0.3) is 0 Å². The van der Waals surface area contributed by atoms with Crippen LogP contribution in [0.1, 0.15) is 86.0 Å². The third-order valence-corrected chi connectivity index (χ3v) is 9.77. The van der Waals surface area contributed by atoms with Gasteiger partial charge in [0.05, 0.1) is 0 Å². The first-order valence-corrected chi connectivity index (χ1v) is 12.8. The highest BCUT2D eigenvalue weighted by molar-refractivity contribution is 5.53. The topological polar surface area (TPSA) is 20.2 Å². The molecule has 0 spiro atoms. The Morgan fingerprint density at radius 1 is 1.13 bits per heavy atom. The minimum Gasteiger partial charge on any atom is -0.396 e. The highest BCUT2D eigenvalue weighted by Crippen LogP contribution is 2.63. The van der Waals surface area contributed by atoms with Gasteiger partial charge in [0, 0.05) is 12.0 Å². The molecule has 0 aromatic rings. The van der Waals surface area contributed by atoms with Gasteiger partial charge in [-0.15, -0.1) is 0 Å². The molecule has 2 saturated carbocycles. The van der Waals surface area contributed by atoms with E-state index < -0.39 is 0 Å². The number of fused-ring (bicyclic) bond motifs is 5. The molecular weight excluding hydrogens is 364 g/mol. The van der Waals surface area contributed by atoms with E-state index in [1.807, 2.05) is 0 Å². The van der Waals surface area contributed by atoms with Crippen LogP contribution in [-0.2, 0) is 0 Å². The van der Waals surface area contributed by atoms with Crippen molar-refractivity contribution in [2.45, 2.75) is 86.0 Å². The van der Waals surface area contributed by atoms with Crippen LogP contribution in [0.4, 0.5) is 0 Å². The maximum absolute atomic E-state index is 9.57. The standard InChI is InChI=1S/C29H44O/c1-6-22(21(3)19-30)11-10-20(2)25-14-15-26-24-13-12-23-9-7-8-17-28(23,4)27(24)16-18-29(25,26)5/h10-13,16,20-22,25-26,30H,6-9,14-15,17-19H2,1-5H3/t20-,21?,22?,25-,26+,28+,29-/m1/s1. The lowest BCUT2D eigenvalue weighted by Crippen LogP contribution is -2.39. The smallest absolute Gasteiger partial charge is 0.0462 e. The number of hydrogen-bond acceptors (Lipinski definition) is 1. The Hall–Kier alpha value is -1.08. The third-order valence-electron chi connectivity index (χ3n) is 9.77. The zero-order valence-electron chi connectivity index (χ0n) is 20.1. The van der Waals surface area contributed by atoms with Gasteiger partial charge in [-0.25, -0.2) is 0 Å². The number of allylic oxidation sites excluding steroid dienone is 8. The van der Waals surface area contributed by atoms with Gasteiger partial charge >= 0.3 is 0 Å². The van der Waals surface area contributed by atoms with Crippen molar-refractivity contribution >= 4 is 0 Å². The second kappa shape index (κ2) is 8.45. The molecule has 1 N–H and O–H groups in total. The Balaban J connectivity index is 1.57. The quantitative estimate of drug-likeness (QED) is 0.448. The fraction of sp³-hybridized carbons (Fsp3) is 0.724. The molecule has 30 heavy (non-hydrogen) atoms. The fourth-order valence-electron chi connectivity index (χ4n) is 7.62. The normalized spacial score (nSPS) is 38.7. The molecule has 1 nitrogen and oxygen atoms in total. The van der Waals surface area contributed by atoms with E-state index in [4.69, 9.17) is 0 Å². The largest absolute Gasteiger partial charge is 0.396 e. The van der Waals surface area contributed by atoms with Gasteiger partial charge in [0.2, 0.25) is 0 Å². The molecular formula is C29H44O. The monoisotopic (exact) mass is 408 g/mol. The summed E-state index contributed by atoms with van der Waals surface area (Å²) in [6.45, 7) is 12.3. The summed E-state index contributed by atoms with van der Waals surface area (Å²) in [6.07, 6.45) is 23.1. The first kappa shape index (κ1) is 22.1. The lowest BCUT2D eigenvalue weighted by atomic mass is 9.54. The first-order chi connectivity index (χ1) is 14.3. The molecule has 4 aliphatic carbocycles. The van der Waals surface area contributed by atoms with Gasteiger partial charge < -0.3 is 5.11 Å². The van der Waals surface area contributed by atoms with Crippen molar-refractivity contribution in [2.24, 2.45) is 40.4 Å². The maximum Gasteiger partial charge on any atom is 0.0462 e. The second-order valence-electron chi connectivity index (χ2n) is 11.4. The molecule has 0 aromatic carbocycles. The van der Waals surface area contributed by atoms with Crippen LogP contribution in [0.15, 0.2) is 47.1 Å². The molecule has 0 saturated heterocycles. The molecule has 0 amide bonds. The average molecular weight is 409 g/mol. The predicted molar refractivity (Wildman–Crippen MR) is 128 cm³/mol. The molecule has 1 heteroatoms. The molecule has 0 heterocycles. The van der Waals surface area contributed by atoms with Crippen molar-refractivity contribution in [1.82, 2.24) is 0 Å². The Morgan fingerprint density at radius 3 is 2.67 bits per heavy atom. The molecule has 4 rings (SSSR count).